The van der Waals surface area contributed by atoms with E-state index in [0.29, 0.717) is 6.04 Å². The highest BCUT2D eigenvalue weighted by atomic mass is 79.9. The van der Waals surface area contributed by atoms with Gasteiger partial charge < -0.3 is 5.32 Å². The topological polar surface area (TPSA) is 12.0 Å². The molecule has 76 valence electrons. The Morgan fingerprint density at radius 1 is 1.50 bits per heavy atom. The van der Waals surface area contributed by atoms with E-state index in [0.717, 1.165) is 21.1 Å². The van der Waals surface area contributed by atoms with Gasteiger partial charge in [-0.05, 0) is 43.9 Å². The third-order valence-electron chi connectivity index (χ3n) is 2.64. The van der Waals surface area contributed by atoms with Crippen LogP contribution in [0, 0.1) is 5.92 Å². The minimum atomic E-state index is 0.529. The monoisotopic (exact) mass is 273 g/mol. The number of anilines is 1. The van der Waals surface area contributed by atoms with Gasteiger partial charge in [0.05, 0.1) is 10.7 Å². The van der Waals surface area contributed by atoms with Crippen molar-refractivity contribution in [2.75, 3.05) is 5.32 Å². The third-order valence-corrected chi connectivity index (χ3v) is 3.46. The number of hydrogen-bond donors (Lipinski definition) is 1. The van der Waals surface area contributed by atoms with E-state index < -0.39 is 0 Å². The van der Waals surface area contributed by atoms with Gasteiger partial charge in [0, 0.05) is 10.5 Å². The second-order valence-corrected chi connectivity index (χ2v) is 5.22. The fourth-order valence-electron chi connectivity index (χ4n) is 1.57. The molecule has 1 aromatic carbocycles. The average molecular weight is 275 g/mol. The fourth-order valence-corrected chi connectivity index (χ4v) is 2.10. The molecule has 0 spiro atoms. The first-order valence-corrected chi connectivity index (χ1v) is 6.05. The number of nitrogens with one attached hydrogen (secondary N) is 1. The molecule has 0 radical (unpaired) electrons. The Kier molecular flexibility index (Phi) is 3.03. The van der Waals surface area contributed by atoms with E-state index in [2.05, 4.69) is 28.2 Å². The lowest BCUT2D eigenvalue weighted by Gasteiger charge is -2.15. The summed E-state index contributed by atoms with van der Waals surface area (Å²) in [5.41, 5.74) is 1.03. The molecule has 1 saturated carbocycles. The minimum absolute atomic E-state index is 0.529. The van der Waals surface area contributed by atoms with Crippen LogP contribution < -0.4 is 5.32 Å². The van der Waals surface area contributed by atoms with Crippen molar-refractivity contribution in [3.63, 3.8) is 0 Å². The summed E-state index contributed by atoms with van der Waals surface area (Å²) in [4.78, 5) is 0. The van der Waals surface area contributed by atoms with Crippen LogP contribution in [0.4, 0.5) is 5.69 Å². The van der Waals surface area contributed by atoms with Gasteiger partial charge in [0.15, 0.2) is 0 Å². The van der Waals surface area contributed by atoms with Crippen LogP contribution in [-0.4, -0.2) is 6.04 Å². The van der Waals surface area contributed by atoms with Crippen LogP contribution in [0.3, 0.4) is 0 Å². The van der Waals surface area contributed by atoms with Crippen molar-refractivity contribution in [3.8, 4) is 0 Å². The summed E-state index contributed by atoms with van der Waals surface area (Å²) < 4.78 is 1.06. The largest absolute Gasteiger partial charge is 0.381 e. The van der Waals surface area contributed by atoms with Crippen molar-refractivity contribution in [1.82, 2.24) is 0 Å². The lowest BCUT2D eigenvalue weighted by Crippen LogP contribution is -2.17. The molecule has 0 saturated heterocycles. The van der Waals surface area contributed by atoms with Gasteiger partial charge in [-0.2, -0.15) is 0 Å². The maximum atomic E-state index is 6.08. The van der Waals surface area contributed by atoms with E-state index in [-0.39, 0.29) is 0 Å². The molecular formula is C11H13BrClN. The standard InChI is InChI=1S/C11H13BrClN/c1-7(8-2-3-8)14-11-6-9(12)4-5-10(11)13/h4-8,14H,2-3H2,1H3. The van der Waals surface area contributed by atoms with E-state index in [1.54, 1.807) is 0 Å². The van der Waals surface area contributed by atoms with Crippen LogP contribution in [0.15, 0.2) is 22.7 Å². The fraction of sp³-hybridized carbons (Fsp3) is 0.455. The van der Waals surface area contributed by atoms with E-state index in [1.807, 2.05) is 18.2 Å². The van der Waals surface area contributed by atoms with E-state index in [1.165, 1.54) is 12.8 Å². The summed E-state index contributed by atoms with van der Waals surface area (Å²) in [5.74, 6) is 0.838. The summed E-state index contributed by atoms with van der Waals surface area (Å²) in [7, 11) is 0. The van der Waals surface area contributed by atoms with Crippen LogP contribution in [0.2, 0.25) is 5.02 Å². The van der Waals surface area contributed by atoms with Crippen LogP contribution >= 0.6 is 27.5 Å². The Bertz CT molecular complexity index is 336. The maximum Gasteiger partial charge on any atom is 0.0638 e. The van der Waals surface area contributed by atoms with Crippen molar-refractivity contribution < 1.29 is 0 Å². The van der Waals surface area contributed by atoms with E-state index in [4.69, 9.17) is 11.6 Å². The quantitative estimate of drug-likeness (QED) is 0.866. The van der Waals surface area contributed by atoms with Crippen LogP contribution in [0.5, 0.6) is 0 Å². The normalized spacial score (nSPS) is 17.9. The molecule has 1 nitrogen and oxygen atoms in total. The highest BCUT2D eigenvalue weighted by molar-refractivity contribution is 9.10. The van der Waals surface area contributed by atoms with Crippen LogP contribution in [0.25, 0.3) is 0 Å². The van der Waals surface area contributed by atoms with Gasteiger partial charge in [0.1, 0.15) is 0 Å². The zero-order valence-corrected chi connectivity index (χ0v) is 10.4. The molecule has 0 amide bonds. The van der Waals surface area contributed by atoms with Crippen molar-refractivity contribution in [3.05, 3.63) is 27.7 Å². The SMILES string of the molecule is CC(Nc1cc(Br)ccc1Cl)C1CC1. The van der Waals surface area contributed by atoms with Gasteiger partial charge in [-0.15, -0.1) is 0 Å². The highest BCUT2D eigenvalue weighted by Gasteiger charge is 2.27. The molecule has 3 heteroatoms. The predicted octanol–water partition coefficient (Wildman–Crippen LogP) is 4.31. The molecule has 1 N–H and O–H groups in total. The van der Waals surface area contributed by atoms with E-state index >= 15 is 0 Å². The Morgan fingerprint density at radius 2 is 2.21 bits per heavy atom. The van der Waals surface area contributed by atoms with Crippen LogP contribution in [0.1, 0.15) is 19.8 Å². The Balaban J connectivity index is 2.10. The van der Waals surface area contributed by atoms with Gasteiger partial charge in [-0.3, -0.25) is 0 Å². The second kappa shape index (κ2) is 4.11. The minimum Gasteiger partial charge on any atom is -0.381 e. The summed E-state index contributed by atoms with van der Waals surface area (Å²) in [6.45, 7) is 2.22. The summed E-state index contributed by atoms with van der Waals surface area (Å²) in [6.07, 6.45) is 2.69. The molecule has 0 bridgehead atoms. The number of halogens is 2. The lowest BCUT2D eigenvalue weighted by molar-refractivity contribution is 0.694. The van der Waals surface area contributed by atoms with Gasteiger partial charge in [0.2, 0.25) is 0 Å². The molecule has 1 aromatic rings. The smallest absolute Gasteiger partial charge is 0.0638 e. The summed E-state index contributed by atoms with van der Waals surface area (Å²) in [5, 5.41) is 4.24. The molecule has 1 atom stereocenters. The zero-order valence-electron chi connectivity index (χ0n) is 8.06. The van der Waals surface area contributed by atoms with Gasteiger partial charge in [-0.1, -0.05) is 27.5 Å². The van der Waals surface area contributed by atoms with Crippen molar-refractivity contribution >= 4 is 33.2 Å². The highest BCUT2D eigenvalue weighted by Crippen LogP contribution is 2.35. The number of rotatable bonds is 3. The molecule has 0 aliphatic heterocycles. The zero-order chi connectivity index (χ0) is 10.1. The van der Waals surface area contributed by atoms with Crippen LogP contribution in [-0.2, 0) is 0 Å². The average Bonchev–Trinajstić information content (AvgIpc) is 2.94. The lowest BCUT2D eigenvalue weighted by atomic mass is 10.2. The molecule has 2 rings (SSSR count). The summed E-state index contributed by atoms with van der Waals surface area (Å²) >= 11 is 9.52. The predicted molar refractivity (Wildman–Crippen MR) is 65.0 cm³/mol. The maximum absolute atomic E-state index is 6.08. The van der Waals surface area contributed by atoms with Gasteiger partial charge in [-0.25, -0.2) is 0 Å². The molecule has 0 aromatic heterocycles. The molecule has 14 heavy (non-hydrogen) atoms. The van der Waals surface area contributed by atoms with Gasteiger partial charge in [0.25, 0.3) is 0 Å². The summed E-state index contributed by atoms with van der Waals surface area (Å²) in [6, 6.07) is 6.42. The first-order chi connectivity index (χ1) is 6.66. The second-order valence-electron chi connectivity index (χ2n) is 3.89. The Morgan fingerprint density at radius 3 is 2.86 bits per heavy atom. The van der Waals surface area contributed by atoms with E-state index in [9.17, 15) is 0 Å². The molecule has 0 heterocycles. The van der Waals surface area contributed by atoms with Crippen molar-refractivity contribution in [2.45, 2.75) is 25.8 Å². The molecule has 1 unspecified atom stereocenters. The molecule has 1 aliphatic carbocycles. The third kappa shape index (κ3) is 2.43. The Labute approximate surface area is 98.0 Å². The Hall–Kier alpha value is -0.210. The number of hydrogen-bond acceptors (Lipinski definition) is 1. The molecular weight excluding hydrogens is 261 g/mol. The molecule has 1 aliphatic rings. The van der Waals surface area contributed by atoms with Crippen molar-refractivity contribution in [2.24, 2.45) is 5.92 Å². The van der Waals surface area contributed by atoms with Crippen molar-refractivity contribution in [1.29, 1.82) is 0 Å². The number of benzene rings is 1. The molecule has 1 fully saturated rings. The first-order valence-electron chi connectivity index (χ1n) is 4.88. The van der Waals surface area contributed by atoms with Gasteiger partial charge >= 0.3 is 0 Å². The first kappa shape index (κ1) is 10.3.